The van der Waals surface area contributed by atoms with Crippen molar-refractivity contribution in [1.82, 2.24) is 5.32 Å². The summed E-state index contributed by atoms with van der Waals surface area (Å²) in [4.78, 5) is 14.7. The molecule has 0 aliphatic rings. The molecule has 0 aliphatic carbocycles. The quantitative estimate of drug-likeness (QED) is 0.324. The van der Waals surface area contributed by atoms with E-state index in [4.69, 9.17) is 0 Å². The average molecular weight is 130 g/mol. The standard InChI is InChI=1S/C5H10N2O2/c1-5(8)7-3-4-9-6-2/h2-4H2,1H3,(H,7,8). The van der Waals surface area contributed by atoms with Gasteiger partial charge in [-0.1, -0.05) is 0 Å². The topological polar surface area (TPSA) is 50.7 Å². The van der Waals surface area contributed by atoms with Crippen molar-refractivity contribution in [3.05, 3.63) is 0 Å². The Bertz CT molecular complexity index is 103. The third-order valence-electron chi connectivity index (χ3n) is 0.659. The first-order valence-corrected chi connectivity index (χ1v) is 2.60. The number of nitrogens with zero attached hydrogens (tertiary/aromatic N) is 1. The molecule has 4 heteroatoms. The van der Waals surface area contributed by atoms with Gasteiger partial charge in [0.2, 0.25) is 5.91 Å². The van der Waals surface area contributed by atoms with Crippen LogP contribution in [0.15, 0.2) is 5.16 Å². The SMILES string of the molecule is C=NOCCNC(C)=O. The summed E-state index contributed by atoms with van der Waals surface area (Å²) < 4.78 is 0. The molecule has 0 aromatic heterocycles. The van der Waals surface area contributed by atoms with Crippen LogP contribution in [0.3, 0.4) is 0 Å². The summed E-state index contributed by atoms with van der Waals surface area (Å²) in [6.07, 6.45) is 0. The van der Waals surface area contributed by atoms with Gasteiger partial charge in [-0.25, -0.2) is 0 Å². The van der Waals surface area contributed by atoms with Gasteiger partial charge in [-0.2, -0.15) is 0 Å². The number of rotatable bonds is 4. The first kappa shape index (κ1) is 7.94. The summed E-state index contributed by atoms with van der Waals surface area (Å²) in [6.45, 7) is 5.40. The van der Waals surface area contributed by atoms with Crippen LogP contribution in [0.4, 0.5) is 0 Å². The minimum Gasteiger partial charge on any atom is -0.394 e. The highest BCUT2D eigenvalue weighted by Crippen LogP contribution is 1.69. The molecular weight excluding hydrogens is 120 g/mol. The average Bonchev–Trinajstić information content (AvgIpc) is 1.80. The largest absolute Gasteiger partial charge is 0.394 e. The molecule has 0 saturated carbocycles. The number of carbonyl (C=O) groups excluding carboxylic acids is 1. The van der Waals surface area contributed by atoms with Gasteiger partial charge < -0.3 is 10.2 Å². The van der Waals surface area contributed by atoms with Crippen LogP contribution >= 0.6 is 0 Å². The Morgan fingerprint density at radius 2 is 2.56 bits per heavy atom. The van der Waals surface area contributed by atoms with Crippen molar-refractivity contribution in [2.75, 3.05) is 13.2 Å². The molecule has 0 fully saturated rings. The third-order valence-corrected chi connectivity index (χ3v) is 0.659. The lowest BCUT2D eigenvalue weighted by atomic mass is 10.6. The Morgan fingerprint density at radius 3 is 3.00 bits per heavy atom. The van der Waals surface area contributed by atoms with Crippen molar-refractivity contribution >= 4 is 12.6 Å². The Morgan fingerprint density at radius 1 is 1.89 bits per heavy atom. The molecule has 0 saturated heterocycles. The van der Waals surface area contributed by atoms with E-state index in [0.29, 0.717) is 13.2 Å². The van der Waals surface area contributed by atoms with E-state index < -0.39 is 0 Å². The molecule has 52 valence electrons. The lowest BCUT2D eigenvalue weighted by Crippen LogP contribution is -2.23. The number of hydrogen-bond acceptors (Lipinski definition) is 3. The van der Waals surface area contributed by atoms with Crippen molar-refractivity contribution < 1.29 is 9.63 Å². The Kier molecular flexibility index (Phi) is 4.49. The van der Waals surface area contributed by atoms with Crippen molar-refractivity contribution in [2.24, 2.45) is 5.16 Å². The fourth-order valence-electron chi connectivity index (χ4n) is 0.337. The molecular formula is C5H10N2O2. The van der Waals surface area contributed by atoms with Crippen LogP contribution in [-0.4, -0.2) is 25.8 Å². The summed E-state index contributed by atoms with van der Waals surface area (Å²) in [7, 11) is 0. The Hall–Kier alpha value is -1.06. The predicted molar refractivity (Wildman–Crippen MR) is 34.2 cm³/mol. The second kappa shape index (κ2) is 5.08. The normalized spacial score (nSPS) is 8.11. The van der Waals surface area contributed by atoms with Gasteiger partial charge >= 0.3 is 0 Å². The summed E-state index contributed by atoms with van der Waals surface area (Å²) in [5.41, 5.74) is 0. The second-order valence-electron chi connectivity index (χ2n) is 1.45. The van der Waals surface area contributed by atoms with E-state index in [1.54, 1.807) is 0 Å². The van der Waals surface area contributed by atoms with Crippen LogP contribution in [0.2, 0.25) is 0 Å². The van der Waals surface area contributed by atoms with Gasteiger partial charge in [-0.15, -0.1) is 5.16 Å². The van der Waals surface area contributed by atoms with Gasteiger partial charge in [0.05, 0.1) is 6.54 Å². The van der Waals surface area contributed by atoms with E-state index in [-0.39, 0.29) is 5.91 Å². The third kappa shape index (κ3) is 6.94. The zero-order chi connectivity index (χ0) is 7.11. The van der Waals surface area contributed by atoms with E-state index in [0.717, 1.165) is 0 Å². The van der Waals surface area contributed by atoms with Gasteiger partial charge in [-0.05, 0) is 0 Å². The molecule has 0 spiro atoms. The van der Waals surface area contributed by atoms with E-state index >= 15 is 0 Å². The molecule has 0 aliphatic heterocycles. The molecule has 0 unspecified atom stereocenters. The number of nitrogens with one attached hydrogen (secondary N) is 1. The smallest absolute Gasteiger partial charge is 0.216 e. The van der Waals surface area contributed by atoms with E-state index in [9.17, 15) is 4.79 Å². The van der Waals surface area contributed by atoms with Crippen LogP contribution in [0.5, 0.6) is 0 Å². The fraction of sp³-hybridized carbons (Fsp3) is 0.600. The van der Waals surface area contributed by atoms with Gasteiger partial charge in [0.25, 0.3) is 0 Å². The number of oxime groups is 1. The monoisotopic (exact) mass is 130 g/mol. The molecule has 0 heterocycles. The Labute approximate surface area is 53.9 Å². The lowest BCUT2D eigenvalue weighted by molar-refractivity contribution is -0.119. The highest BCUT2D eigenvalue weighted by atomic mass is 16.6. The molecule has 0 atom stereocenters. The molecule has 1 amide bonds. The van der Waals surface area contributed by atoms with E-state index in [1.807, 2.05) is 0 Å². The maximum absolute atomic E-state index is 10.2. The fourth-order valence-corrected chi connectivity index (χ4v) is 0.337. The molecule has 4 nitrogen and oxygen atoms in total. The second-order valence-corrected chi connectivity index (χ2v) is 1.45. The maximum atomic E-state index is 10.2. The predicted octanol–water partition coefficient (Wildman–Crippen LogP) is -0.245. The highest BCUT2D eigenvalue weighted by Gasteiger charge is 1.87. The van der Waals surface area contributed by atoms with Crippen molar-refractivity contribution in [3.8, 4) is 0 Å². The van der Waals surface area contributed by atoms with Gasteiger partial charge in [0.1, 0.15) is 6.61 Å². The molecule has 0 aromatic carbocycles. The van der Waals surface area contributed by atoms with E-state index in [1.165, 1.54) is 6.92 Å². The first-order chi connectivity index (χ1) is 4.27. The maximum Gasteiger partial charge on any atom is 0.216 e. The van der Waals surface area contributed by atoms with Crippen LogP contribution in [0, 0.1) is 0 Å². The highest BCUT2D eigenvalue weighted by molar-refractivity contribution is 5.72. The Balaban J connectivity index is 2.91. The summed E-state index contributed by atoms with van der Waals surface area (Å²) in [5, 5.41) is 5.66. The summed E-state index contributed by atoms with van der Waals surface area (Å²) in [5.74, 6) is -0.0670. The van der Waals surface area contributed by atoms with Crippen molar-refractivity contribution in [1.29, 1.82) is 0 Å². The van der Waals surface area contributed by atoms with Gasteiger partial charge in [0.15, 0.2) is 0 Å². The number of carbonyl (C=O) groups is 1. The molecule has 1 N–H and O–H groups in total. The first-order valence-electron chi connectivity index (χ1n) is 2.60. The zero-order valence-corrected chi connectivity index (χ0v) is 5.39. The number of amides is 1. The van der Waals surface area contributed by atoms with Gasteiger partial charge in [0, 0.05) is 13.6 Å². The molecule has 0 bridgehead atoms. The number of hydrogen-bond donors (Lipinski definition) is 1. The van der Waals surface area contributed by atoms with Crippen molar-refractivity contribution in [3.63, 3.8) is 0 Å². The van der Waals surface area contributed by atoms with E-state index in [2.05, 4.69) is 22.0 Å². The zero-order valence-electron chi connectivity index (χ0n) is 5.39. The van der Waals surface area contributed by atoms with Crippen LogP contribution in [0.1, 0.15) is 6.92 Å². The molecule has 0 radical (unpaired) electrons. The summed E-state index contributed by atoms with van der Waals surface area (Å²) >= 11 is 0. The molecule has 0 rings (SSSR count). The van der Waals surface area contributed by atoms with Crippen molar-refractivity contribution in [2.45, 2.75) is 6.92 Å². The van der Waals surface area contributed by atoms with Gasteiger partial charge in [-0.3, -0.25) is 4.79 Å². The minimum absolute atomic E-state index is 0.0670. The van der Waals surface area contributed by atoms with Crippen LogP contribution in [0.25, 0.3) is 0 Å². The lowest BCUT2D eigenvalue weighted by Gasteiger charge is -1.98. The molecule has 9 heavy (non-hydrogen) atoms. The minimum atomic E-state index is -0.0670. The van der Waals surface area contributed by atoms with Crippen LogP contribution in [-0.2, 0) is 9.63 Å². The summed E-state index contributed by atoms with van der Waals surface area (Å²) in [6, 6.07) is 0. The van der Waals surface area contributed by atoms with Crippen LogP contribution < -0.4 is 5.32 Å². The molecule has 0 aromatic rings.